The van der Waals surface area contributed by atoms with Crippen molar-refractivity contribution in [2.75, 3.05) is 31.2 Å². The topological polar surface area (TPSA) is 68.9 Å². The van der Waals surface area contributed by atoms with Gasteiger partial charge in [-0.05, 0) is 55.3 Å². The lowest BCUT2D eigenvalue weighted by atomic mass is 9.88. The number of benzene rings is 2. The van der Waals surface area contributed by atoms with Crippen LogP contribution in [0.2, 0.25) is 5.02 Å². The maximum Gasteiger partial charge on any atom is 0.328 e. The summed E-state index contributed by atoms with van der Waals surface area (Å²) < 4.78 is 5.48. The zero-order valence-electron chi connectivity index (χ0n) is 19.3. The number of halogens is 1. The zero-order chi connectivity index (χ0) is 23.6. The third kappa shape index (κ3) is 3.21. The van der Waals surface area contributed by atoms with Gasteiger partial charge in [0.2, 0.25) is 0 Å². The van der Waals surface area contributed by atoms with Crippen LogP contribution in [-0.2, 0) is 16.0 Å². The van der Waals surface area contributed by atoms with Gasteiger partial charge in [0.05, 0.1) is 13.2 Å². The van der Waals surface area contributed by atoms with Crippen molar-refractivity contribution in [1.82, 2.24) is 14.8 Å². The molecule has 0 radical (unpaired) electrons. The predicted molar refractivity (Wildman–Crippen MR) is 131 cm³/mol. The number of rotatable bonds is 3. The first kappa shape index (κ1) is 21.5. The molecule has 0 spiro atoms. The van der Waals surface area contributed by atoms with Crippen molar-refractivity contribution in [3.8, 4) is 0 Å². The van der Waals surface area contributed by atoms with Crippen molar-refractivity contribution < 1.29 is 14.3 Å². The molecule has 4 heterocycles. The monoisotopic (exact) mass is 478 g/mol. The molecule has 2 aromatic carbocycles. The zero-order valence-corrected chi connectivity index (χ0v) is 20.0. The molecule has 3 aliphatic heterocycles. The van der Waals surface area contributed by atoms with Gasteiger partial charge in [-0.1, -0.05) is 23.7 Å². The highest BCUT2D eigenvalue weighted by atomic mass is 35.5. The summed E-state index contributed by atoms with van der Waals surface area (Å²) in [5.41, 5.74) is 5.10. The molecule has 3 aliphatic rings. The van der Waals surface area contributed by atoms with Gasteiger partial charge in [0.1, 0.15) is 12.1 Å². The number of nitrogens with zero attached hydrogens (tertiary/aromatic N) is 3. The highest BCUT2D eigenvalue weighted by Gasteiger charge is 2.53. The summed E-state index contributed by atoms with van der Waals surface area (Å²) in [4.78, 5) is 35.9. The van der Waals surface area contributed by atoms with Crippen LogP contribution in [0.4, 0.5) is 10.5 Å². The fraction of sp³-hybridized carbons (Fsp3) is 0.385. The molecule has 3 amide bonds. The Morgan fingerprint density at radius 1 is 1.06 bits per heavy atom. The second-order valence-electron chi connectivity index (χ2n) is 9.51. The van der Waals surface area contributed by atoms with Crippen LogP contribution < -0.4 is 4.90 Å². The molecule has 7 nitrogen and oxygen atoms in total. The lowest BCUT2D eigenvalue weighted by Gasteiger charge is -2.36. The summed E-state index contributed by atoms with van der Waals surface area (Å²) in [6.45, 7) is 6.94. The van der Waals surface area contributed by atoms with Gasteiger partial charge in [-0.25, -0.2) is 4.79 Å². The van der Waals surface area contributed by atoms with Crippen LogP contribution in [0.3, 0.4) is 0 Å². The van der Waals surface area contributed by atoms with E-state index in [0.717, 1.165) is 59.7 Å². The van der Waals surface area contributed by atoms with Crippen LogP contribution in [0.25, 0.3) is 10.9 Å². The number of urea groups is 1. The van der Waals surface area contributed by atoms with Crippen LogP contribution in [0.15, 0.2) is 42.5 Å². The molecule has 2 atom stereocenters. The Labute approximate surface area is 203 Å². The summed E-state index contributed by atoms with van der Waals surface area (Å²) in [5, 5.41) is 1.67. The summed E-state index contributed by atoms with van der Waals surface area (Å²) in [7, 11) is 0. The van der Waals surface area contributed by atoms with Gasteiger partial charge in [-0.15, -0.1) is 0 Å². The number of ether oxygens (including phenoxy) is 1. The first-order chi connectivity index (χ1) is 16.4. The molecule has 8 heteroatoms. The first-order valence-corrected chi connectivity index (χ1v) is 12.2. The molecule has 3 aromatic rings. The number of hydrogen-bond acceptors (Lipinski definition) is 4. The van der Waals surface area contributed by atoms with E-state index in [9.17, 15) is 9.59 Å². The van der Waals surface area contributed by atoms with Gasteiger partial charge >= 0.3 is 6.03 Å². The lowest BCUT2D eigenvalue weighted by molar-refractivity contribution is -0.129. The number of H-pyrrole nitrogens is 1. The van der Waals surface area contributed by atoms with E-state index in [-0.39, 0.29) is 24.0 Å². The van der Waals surface area contributed by atoms with Crippen molar-refractivity contribution in [3.63, 3.8) is 0 Å². The minimum absolute atomic E-state index is 0.128. The van der Waals surface area contributed by atoms with E-state index >= 15 is 0 Å². The second-order valence-corrected chi connectivity index (χ2v) is 9.95. The van der Waals surface area contributed by atoms with Crippen molar-refractivity contribution in [1.29, 1.82) is 0 Å². The molecule has 1 N–H and O–H groups in total. The Hall–Kier alpha value is -3.03. The van der Waals surface area contributed by atoms with E-state index in [1.807, 2.05) is 32.0 Å². The van der Waals surface area contributed by atoms with Gasteiger partial charge in [0, 0.05) is 52.9 Å². The Balaban J connectivity index is 1.48. The van der Waals surface area contributed by atoms with Crippen molar-refractivity contribution in [3.05, 3.63) is 64.3 Å². The standard InChI is InChI=1S/C26H27ClN4O3/c1-15(2)30-25(32)22-14-20-19-13-17(27)5-8-21(19)28-23(20)24(31(22)26(30)33)16-3-6-18(7-4-16)29-9-11-34-12-10-29/h3-8,13,15,22,24,28H,9-12,14H2,1-2H3. The Morgan fingerprint density at radius 2 is 1.79 bits per heavy atom. The smallest absolute Gasteiger partial charge is 0.328 e. The normalized spacial score (nSPS) is 22.6. The van der Waals surface area contributed by atoms with Crippen LogP contribution in [0, 0.1) is 0 Å². The SMILES string of the molecule is CC(C)N1C(=O)C2Cc3c([nH]c4ccc(Cl)cc34)C(c3ccc(N4CCOCC4)cc3)N2C1=O. The number of aromatic amines is 1. The van der Waals surface area contributed by atoms with Crippen LogP contribution >= 0.6 is 11.6 Å². The molecule has 176 valence electrons. The molecule has 6 rings (SSSR count). The van der Waals surface area contributed by atoms with E-state index in [1.54, 1.807) is 4.90 Å². The molecular weight excluding hydrogens is 452 g/mol. The quantitative estimate of drug-likeness (QED) is 0.568. The molecule has 2 fully saturated rings. The molecule has 0 saturated carbocycles. The summed E-state index contributed by atoms with van der Waals surface area (Å²) >= 11 is 6.32. The van der Waals surface area contributed by atoms with E-state index in [4.69, 9.17) is 16.3 Å². The minimum Gasteiger partial charge on any atom is -0.378 e. The molecular formula is C26H27ClN4O3. The van der Waals surface area contributed by atoms with Gasteiger partial charge < -0.3 is 14.6 Å². The maximum absolute atomic E-state index is 13.5. The van der Waals surface area contributed by atoms with Crippen LogP contribution in [-0.4, -0.2) is 65.1 Å². The number of nitrogens with one attached hydrogen (secondary N) is 1. The van der Waals surface area contributed by atoms with Crippen molar-refractivity contribution >= 4 is 40.1 Å². The summed E-state index contributed by atoms with van der Waals surface area (Å²) in [6, 6.07) is 12.8. The van der Waals surface area contributed by atoms with E-state index in [1.165, 1.54) is 4.90 Å². The highest BCUT2D eigenvalue weighted by Crippen LogP contribution is 2.45. The highest BCUT2D eigenvalue weighted by molar-refractivity contribution is 6.31. The minimum atomic E-state index is -0.524. The first-order valence-electron chi connectivity index (χ1n) is 11.8. The molecule has 1 aromatic heterocycles. The average molecular weight is 479 g/mol. The number of hydrogen-bond donors (Lipinski definition) is 1. The maximum atomic E-state index is 13.5. The Morgan fingerprint density at radius 3 is 2.50 bits per heavy atom. The number of morpholine rings is 1. The number of imide groups is 1. The summed E-state index contributed by atoms with van der Waals surface area (Å²) in [5.74, 6) is -0.128. The van der Waals surface area contributed by atoms with E-state index in [2.05, 4.69) is 34.1 Å². The lowest BCUT2D eigenvalue weighted by Crippen LogP contribution is -2.44. The number of anilines is 1. The van der Waals surface area contributed by atoms with Gasteiger partial charge in [-0.3, -0.25) is 14.6 Å². The Bertz CT molecular complexity index is 1280. The third-order valence-electron chi connectivity index (χ3n) is 7.24. The average Bonchev–Trinajstić information content (AvgIpc) is 3.32. The molecule has 2 saturated heterocycles. The largest absolute Gasteiger partial charge is 0.378 e. The van der Waals surface area contributed by atoms with E-state index < -0.39 is 6.04 Å². The van der Waals surface area contributed by atoms with Gasteiger partial charge in [-0.2, -0.15) is 0 Å². The van der Waals surface area contributed by atoms with Gasteiger partial charge in [0.15, 0.2) is 0 Å². The molecule has 34 heavy (non-hydrogen) atoms. The Kier molecular flexibility index (Phi) is 5.08. The van der Waals surface area contributed by atoms with Crippen molar-refractivity contribution in [2.45, 2.75) is 38.4 Å². The fourth-order valence-corrected chi connectivity index (χ4v) is 5.80. The second kappa shape index (κ2) is 8.03. The van der Waals surface area contributed by atoms with E-state index in [0.29, 0.717) is 11.4 Å². The molecule has 0 bridgehead atoms. The predicted octanol–water partition coefficient (Wildman–Crippen LogP) is 4.34. The number of fused-ring (bicyclic) bond motifs is 4. The number of carbonyl (C=O) groups is 2. The fourth-order valence-electron chi connectivity index (χ4n) is 5.63. The molecule has 0 aliphatic carbocycles. The summed E-state index contributed by atoms with van der Waals surface area (Å²) in [6.07, 6.45) is 0.478. The van der Waals surface area contributed by atoms with Crippen LogP contribution in [0.1, 0.15) is 36.7 Å². The number of carbonyl (C=O) groups excluding carboxylic acids is 2. The van der Waals surface area contributed by atoms with Gasteiger partial charge in [0.25, 0.3) is 5.91 Å². The number of amides is 3. The molecule has 2 unspecified atom stereocenters. The number of aromatic nitrogens is 1. The van der Waals surface area contributed by atoms with Crippen molar-refractivity contribution in [2.24, 2.45) is 0 Å². The van der Waals surface area contributed by atoms with Crippen LogP contribution in [0.5, 0.6) is 0 Å². The third-order valence-corrected chi connectivity index (χ3v) is 7.47.